The van der Waals surface area contributed by atoms with E-state index in [-0.39, 0.29) is 5.91 Å². The fourth-order valence-corrected chi connectivity index (χ4v) is 2.57. The molecule has 0 saturated carbocycles. The molecule has 0 saturated heterocycles. The molecule has 1 aliphatic carbocycles. The topological polar surface area (TPSA) is 68.0 Å². The summed E-state index contributed by atoms with van der Waals surface area (Å²) in [5.41, 5.74) is 3.52. The van der Waals surface area contributed by atoms with Crippen LogP contribution in [0.2, 0.25) is 0 Å². The van der Waals surface area contributed by atoms with Crippen LogP contribution in [0.4, 0.5) is 0 Å². The molecule has 3 aromatic rings. The molecule has 5 heteroatoms. The van der Waals surface area contributed by atoms with E-state index < -0.39 is 0 Å². The monoisotopic (exact) mass is 329 g/mol. The average Bonchev–Trinajstić information content (AvgIpc) is 2.95. The van der Waals surface area contributed by atoms with E-state index in [1.807, 2.05) is 54.6 Å². The first kappa shape index (κ1) is 15.1. The number of benzene rings is 1. The Hall–Kier alpha value is -3.47. The zero-order valence-electron chi connectivity index (χ0n) is 13.3. The van der Waals surface area contributed by atoms with E-state index >= 15 is 0 Å². The van der Waals surface area contributed by atoms with Gasteiger partial charge in [-0.25, -0.2) is 4.98 Å². The molecule has 0 aliphatic heterocycles. The number of rotatable bonds is 3. The lowest BCUT2D eigenvalue weighted by Gasteiger charge is -2.04. The Balaban J connectivity index is 1.57. The number of nitrogens with one attached hydrogen (secondary N) is 1. The third kappa shape index (κ3) is 3.26. The maximum absolute atomic E-state index is 12.2. The molecule has 0 spiro atoms. The molecule has 2 heterocycles. The standard InChI is InChI=1S/C20H15N3O2/c24-19(14-6-2-1-3-7-14)22-16-9-4-8-15(11-12-16)20-23-18-17(25-20)10-5-13-21-18/h1-7,9-13H,8H2,(H,22,24). The van der Waals surface area contributed by atoms with Crippen molar-refractivity contribution in [3.8, 4) is 0 Å². The van der Waals surface area contributed by atoms with Gasteiger partial charge in [0.05, 0.1) is 0 Å². The number of oxazole rings is 1. The van der Waals surface area contributed by atoms with E-state index in [2.05, 4.69) is 15.3 Å². The molecule has 0 bridgehead atoms. The second-order valence-corrected chi connectivity index (χ2v) is 5.58. The molecule has 1 aliphatic rings. The molecule has 122 valence electrons. The van der Waals surface area contributed by atoms with Crippen LogP contribution >= 0.6 is 0 Å². The third-order valence-electron chi connectivity index (χ3n) is 3.83. The van der Waals surface area contributed by atoms with Gasteiger partial charge in [-0.05, 0) is 42.8 Å². The molecule has 1 amide bonds. The number of allylic oxidation sites excluding steroid dienone is 5. The Morgan fingerprint density at radius 2 is 1.96 bits per heavy atom. The van der Waals surface area contributed by atoms with E-state index in [4.69, 9.17) is 4.42 Å². The fraction of sp³-hybridized carbons (Fsp3) is 0.0500. The Kier molecular flexibility index (Phi) is 3.96. The first-order chi connectivity index (χ1) is 12.3. The van der Waals surface area contributed by atoms with Gasteiger partial charge in [0.25, 0.3) is 5.91 Å². The molecule has 0 atom stereocenters. The van der Waals surface area contributed by atoms with Crippen molar-refractivity contribution < 1.29 is 9.21 Å². The SMILES string of the molecule is O=C(NC1=CC=C(c2nc3ncccc3o2)CC=C1)c1ccccc1. The smallest absolute Gasteiger partial charge is 0.255 e. The summed E-state index contributed by atoms with van der Waals surface area (Å²) in [6.45, 7) is 0. The zero-order chi connectivity index (χ0) is 17.1. The lowest BCUT2D eigenvalue weighted by molar-refractivity contribution is 0.0967. The summed E-state index contributed by atoms with van der Waals surface area (Å²) in [5.74, 6) is 0.407. The van der Waals surface area contributed by atoms with Crippen LogP contribution in [0.3, 0.4) is 0 Å². The highest BCUT2D eigenvalue weighted by atomic mass is 16.3. The highest BCUT2D eigenvalue weighted by Gasteiger charge is 2.12. The second-order valence-electron chi connectivity index (χ2n) is 5.58. The van der Waals surface area contributed by atoms with Crippen molar-refractivity contribution in [2.24, 2.45) is 0 Å². The van der Waals surface area contributed by atoms with Crippen LogP contribution in [0, 0.1) is 0 Å². The van der Waals surface area contributed by atoms with Crippen molar-refractivity contribution in [1.29, 1.82) is 0 Å². The molecule has 0 unspecified atom stereocenters. The predicted octanol–water partition coefficient (Wildman–Crippen LogP) is 3.88. The van der Waals surface area contributed by atoms with Gasteiger partial charge < -0.3 is 9.73 Å². The van der Waals surface area contributed by atoms with Crippen LogP contribution in [0.5, 0.6) is 0 Å². The second kappa shape index (κ2) is 6.57. The van der Waals surface area contributed by atoms with E-state index in [0.717, 1.165) is 11.3 Å². The number of hydrogen-bond acceptors (Lipinski definition) is 4. The molecule has 5 nitrogen and oxygen atoms in total. The van der Waals surface area contributed by atoms with Crippen molar-refractivity contribution in [1.82, 2.24) is 15.3 Å². The van der Waals surface area contributed by atoms with Crippen LogP contribution in [0.1, 0.15) is 22.7 Å². The number of amides is 1. The number of carbonyl (C=O) groups is 1. The number of carbonyl (C=O) groups excluding carboxylic acids is 1. The Labute approximate surface area is 144 Å². The Bertz CT molecular complexity index is 981. The van der Waals surface area contributed by atoms with Gasteiger partial charge >= 0.3 is 0 Å². The van der Waals surface area contributed by atoms with E-state index in [9.17, 15) is 4.79 Å². The lowest BCUT2D eigenvalue weighted by Crippen LogP contribution is -2.21. The lowest BCUT2D eigenvalue weighted by atomic mass is 10.2. The molecule has 4 rings (SSSR count). The molecular formula is C20H15N3O2. The highest BCUT2D eigenvalue weighted by Crippen LogP contribution is 2.24. The summed E-state index contributed by atoms with van der Waals surface area (Å²) >= 11 is 0. The minimum absolute atomic E-state index is 0.139. The van der Waals surface area contributed by atoms with Crippen molar-refractivity contribution in [3.63, 3.8) is 0 Å². The summed E-state index contributed by atoms with van der Waals surface area (Å²) < 4.78 is 5.76. The number of aromatic nitrogens is 2. The summed E-state index contributed by atoms with van der Waals surface area (Å²) in [6, 6.07) is 12.8. The van der Waals surface area contributed by atoms with Crippen molar-refractivity contribution in [2.75, 3.05) is 0 Å². The molecule has 0 radical (unpaired) electrons. The quantitative estimate of drug-likeness (QED) is 0.792. The largest absolute Gasteiger partial charge is 0.435 e. The van der Waals surface area contributed by atoms with E-state index in [0.29, 0.717) is 29.1 Å². The van der Waals surface area contributed by atoms with Crippen LogP contribution in [0.15, 0.2) is 83.1 Å². The zero-order valence-corrected chi connectivity index (χ0v) is 13.3. The van der Waals surface area contributed by atoms with Gasteiger partial charge in [0.15, 0.2) is 11.2 Å². The van der Waals surface area contributed by atoms with Crippen LogP contribution in [-0.2, 0) is 0 Å². The average molecular weight is 329 g/mol. The van der Waals surface area contributed by atoms with Gasteiger partial charge in [-0.15, -0.1) is 0 Å². The van der Waals surface area contributed by atoms with Crippen LogP contribution < -0.4 is 5.32 Å². The Morgan fingerprint density at radius 1 is 1.08 bits per heavy atom. The molecule has 2 aromatic heterocycles. The third-order valence-corrected chi connectivity index (χ3v) is 3.83. The van der Waals surface area contributed by atoms with Crippen molar-refractivity contribution in [3.05, 3.63) is 90.1 Å². The number of fused-ring (bicyclic) bond motifs is 1. The summed E-state index contributed by atoms with van der Waals surface area (Å²) in [4.78, 5) is 20.8. The van der Waals surface area contributed by atoms with Gasteiger partial charge in [-0.2, -0.15) is 4.98 Å². The van der Waals surface area contributed by atoms with E-state index in [1.165, 1.54) is 0 Å². The highest BCUT2D eigenvalue weighted by molar-refractivity contribution is 5.95. The fourth-order valence-electron chi connectivity index (χ4n) is 2.57. The van der Waals surface area contributed by atoms with Gasteiger partial charge in [0.1, 0.15) is 0 Å². The van der Waals surface area contributed by atoms with Crippen LogP contribution in [-0.4, -0.2) is 15.9 Å². The maximum atomic E-state index is 12.2. The Morgan fingerprint density at radius 3 is 2.80 bits per heavy atom. The minimum Gasteiger partial charge on any atom is -0.435 e. The van der Waals surface area contributed by atoms with Crippen molar-refractivity contribution in [2.45, 2.75) is 6.42 Å². The molecule has 0 fully saturated rings. The first-order valence-electron chi connectivity index (χ1n) is 7.95. The molecule has 1 aromatic carbocycles. The van der Waals surface area contributed by atoms with Crippen molar-refractivity contribution >= 4 is 22.7 Å². The normalized spacial score (nSPS) is 13.9. The minimum atomic E-state index is -0.139. The number of hydrogen-bond donors (Lipinski definition) is 1. The summed E-state index contributed by atoms with van der Waals surface area (Å²) in [7, 11) is 0. The summed E-state index contributed by atoms with van der Waals surface area (Å²) in [5, 5.41) is 2.90. The van der Waals surface area contributed by atoms with E-state index in [1.54, 1.807) is 18.3 Å². The molecule has 1 N–H and O–H groups in total. The maximum Gasteiger partial charge on any atom is 0.255 e. The summed E-state index contributed by atoms with van der Waals surface area (Å²) in [6.07, 6.45) is 9.96. The molecular weight excluding hydrogens is 314 g/mol. The van der Waals surface area contributed by atoms with Gasteiger partial charge in [-0.3, -0.25) is 4.79 Å². The van der Waals surface area contributed by atoms with Gasteiger partial charge in [0, 0.05) is 23.0 Å². The van der Waals surface area contributed by atoms with Crippen LogP contribution in [0.25, 0.3) is 16.8 Å². The number of nitrogens with zero attached hydrogens (tertiary/aromatic N) is 2. The number of pyridine rings is 1. The molecule has 25 heavy (non-hydrogen) atoms. The predicted molar refractivity (Wildman–Crippen MR) is 95.5 cm³/mol. The van der Waals surface area contributed by atoms with Gasteiger partial charge in [-0.1, -0.05) is 30.4 Å². The first-order valence-corrected chi connectivity index (χ1v) is 7.95. The van der Waals surface area contributed by atoms with Gasteiger partial charge in [0.2, 0.25) is 5.89 Å².